The van der Waals surface area contributed by atoms with Gasteiger partial charge in [0, 0.05) is 23.3 Å². The lowest BCUT2D eigenvalue weighted by Crippen LogP contribution is -2.36. The zero-order chi connectivity index (χ0) is 25.5. The van der Waals surface area contributed by atoms with E-state index in [-0.39, 0.29) is 23.8 Å². The third-order valence-corrected chi connectivity index (χ3v) is 9.12. The van der Waals surface area contributed by atoms with Gasteiger partial charge < -0.3 is 19.9 Å². The van der Waals surface area contributed by atoms with E-state index in [2.05, 4.69) is 4.98 Å². The molecule has 1 aromatic heterocycles. The Morgan fingerprint density at radius 3 is 2.53 bits per heavy atom. The largest absolute Gasteiger partial charge is 0.496 e. The van der Waals surface area contributed by atoms with Crippen LogP contribution in [0.5, 0.6) is 11.5 Å². The van der Waals surface area contributed by atoms with Gasteiger partial charge in [0.1, 0.15) is 17.3 Å². The van der Waals surface area contributed by atoms with Gasteiger partial charge in [0.15, 0.2) is 0 Å². The van der Waals surface area contributed by atoms with Crippen LogP contribution in [0.25, 0.3) is 10.9 Å². The van der Waals surface area contributed by atoms with Crippen LogP contribution in [0.15, 0.2) is 77.7 Å². The van der Waals surface area contributed by atoms with E-state index in [9.17, 15) is 8.42 Å². The van der Waals surface area contributed by atoms with E-state index in [1.165, 1.54) is 7.11 Å². The summed E-state index contributed by atoms with van der Waals surface area (Å²) >= 11 is 0. The normalized spacial score (nSPS) is 19.9. The van der Waals surface area contributed by atoms with E-state index in [1.807, 2.05) is 43.3 Å². The molecule has 1 aliphatic rings. The number of hydrogen-bond donors (Lipinski definition) is 1. The Morgan fingerprint density at radius 1 is 0.972 bits per heavy atom. The van der Waals surface area contributed by atoms with Crippen LogP contribution in [0.2, 0.25) is 0 Å². The number of nitrogens with zero attached hydrogens (tertiary/aromatic N) is 1. The molecule has 2 N–H and O–H groups in total. The number of anilines is 1. The topological polar surface area (TPSA) is 101 Å². The number of sulfone groups is 1. The molecule has 186 valence electrons. The van der Waals surface area contributed by atoms with Crippen LogP contribution >= 0.6 is 0 Å². The molecule has 5 rings (SSSR count). The molecule has 0 amide bonds. The number of nitrogens with two attached hydrogens (primary N) is 1. The van der Waals surface area contributed by atoms with Gasteiger partial charge in [-0.15, -0.1) is 0 Å². The lowest BCUT2D eigenvalue weighted by atomic mass is 9.92. The van der Waals surface area contributed by atoms with E-state index < -0.39 is 14.8 Å². The second-order valence-corrected chi connectivity index (χ2v) is 11.1. The number of para-hydroxylation sites is 1. The monoisotopic (exact) mass is 504 g/mol. The number of hydrogen-bond acceptors (Lipinski definition) is 7. The smallest absolute Gasteiger partial charge is 0.213 e. The summed E-state index contributed by atoms with van der Waals surface area (Å²) in [4.78, 5) is 2.78. The number of ether oxygens (including phenoxy) is 3. The summed E-state index contributed by atoms with van der Waals surface area (Å²) in [6.07, 6.45) is 0.189. The second-order valence-electron chi connectivity index (χ2n) is 8.97. The van der Waals surface area contributed by atoms with Crippen molar-refractivity contribution in [3.63, 3.8) is 0 Å². The number of methoxy groups -OCH3 is 2. The predicted molar refractivity (Wildman–Crippen MR) is 139 cm³/mol. The number of aryl methyl sites for hydroxylation is 1. The van der Waals surface area contributed by atoms with Crippen LogP contribution in [0.1, 0.15) is 29.0 Å². The van der Waals surface area contributed by atoms with Crippen LogP contribution in [-0.4, -0.2) is 34.2 Å². The Hall–Kier alpha value is -3.62. The molecule has 0 bridgehead atoms. The van der Waals surface area contributed by atoms with E-state index in [4.69, 9.17) is 19.9 Å². The molecule has 4 aromatic rings. The third-order valence-electron chi connectivity index (χ3n) is 6.81. The molecule has 2 atom stereocenters. The average molecular weight is 505 g/mol. The molecule has 1 saturated heterocycles. The molecular formula is C28H28N2O5S. The summed E-state index contributed by atoms with van der Waals surface area (Å²) in [7, 11) is -0.985. The van der Waals surface area contributed by atoms with Crippen LogP contribution in [0, 0.1) is 6.92 Å². The van der Waals surface area contributed by atoms with Gasteiger partial charge in [0.05, 0.1) is 31.2 Å². The fourth-order valence-corrected chi connectivity index (χ4v) is 7.24. The molecule has 0 spiro atoms. The van der Waals surface area contributed by atoms with Gasteiger partial charge in [0.2, 0.25) is 14.8 Å². The van der Waals surface area contributed by atoms with Crippen molar-refractivity contribution in [3.05, 3.63) is 89.5 Å². The van der Waals surface area contributed by atoms with Crippen molar-refractivity contribution in [2.24, 2.45) is 0 Å². The van der Waals surface area contributed by atoms with Crippen molar-refractivity contribution < 1.29 is 22.6 Å². The van der Waals surface area contributed by atoms with Gasteiger partial charge in [-0.1, -0.05) is 35.9 Å². The van der Waals surface area contributed by atoms with E-state index in [0.29, 0.717) is 33.8 Å². The Bertz CT molecular complexity index is 1550. The molecule has 0 aliphatic carbocycles. The fourth-order valence-electron chi connectivity index (χ4n) is 5.07. The Kier molecular flexibility index (Phi) is 6.10. The summed E-state index contributed by atoms with van der Waals surface area (Å²) < 4.78 is 47.1. The SMILES string of the molecule is COc1ccccc1C1COC(c2cc(C)ccc2OC)(S(=O)(=O)c2cccc3nc(N)ccc23)C1. The number of rotatable bonds is 6. The van der Waals surface area contributed by atoms with Gasteiger partial charge >= 0.3 is 0 Å². The zero-order valence-corrected chi connectivity index (χ0v) is 21.2. The lowest BCUT2D eigenvalue weighted by molar-refractivity contribution is 0.0677. The maximum Gasteiger partial charge on any atom is 0.213 e. The van der Waals surface area contributed by atoms with Crippen LogP contribution in [0.4, 0.5) is 5.82 Å². The van der Waals surface area contributed by atoms with Crippen LogP contribution < -0.4 is 15.2 Å². The minimum atomic E-state index is -4.13. The Labute approximate surface area is 210 Å². The van der Waals surface area contributed by atoms with Gasteiger partial charge in [-0.3, -0.25) is 0 Å². The molecule has 0 saturated carbocycles. The highest BCUT2D eigenvalue weighted by Gasteiger charge is 2.55. The van der Waals surface area contributed by atoms with Crippen molar-refractivity contribution in [2.45, 2.75) is 29.1 Å². The number of benzene rings is 3. The van der Waals surface area contributed by atoms with Crippen molar-refractivity contribution in [1.82, 2.24) is 4.98 Å². The number of pyridine rings is 1. The molecule has 8 heteroatoms. The molecule has 2 heterocycles. The van der Waals surface area contributed by atoms with Gasteiger partial charge in [0.25, 0.3) is 0 Å². The first-order valence-corrected chi connectivity index (χ1v) is 13.1. The third kappa shape index (κ3) is 3.77. The maximum absolute atomic E-state index is 14.7. The summed E-state index contributed by atoms with van der Waals surface area (Å²) in [5.74, 6) is 1.25. The standard InChI is InChI=1S/C28H28N2O5S/c1-18-11-13-25(34-3)22(15-18)28(16-19(17-35-28)20-7-4-5-9-24(20)33-2)36(31,32)26-10-6-8-23-21(26)12-14-27(29)30-23/h4-15,19H,16-17H2,1-3H3,(H2,29,30). The van der Waals surface area contributed by atoms with Crippen molar-refractivity contribution in [2.75, 3.05) is 26.6 Å². The number of fused-ring (bicyclic) bond motifs is 1. The second kappa shape index (κ2) is 9.11. The fraction of sp³-hybridized carbons (Fsp3) is 0.250. The number of aromatic nitrogens is 1. The van der Waals surface area contributed by atoms with Crippen LogP contribution in [0.3, 0.4) is 0 Å². The molecule has 1 fully saturated rings. The van der Waals surface area contributed by atoms with Crippen molar-refractivity contribution in [3.8, 4) is 11.5 Å². The summed E-state index contributed by atoms with van der Waals surface area (Å²) in [6, 6.07) is 21.5. The first kappa shape index (κ1) is 24.1. The molecule has 7 nitrogen and oxygen atoms in total. The van der Waals surface area contributed by atoms with E-state index >= 15 is 0 Å². The molecule has 0 radical (unpaired) electrons. The highest BCUT2D eigenvalue weighted by atomic mass is 32.2. The van der Waals surface area contributed by atoms with Gasteiger partial charge in [-0.05, 0) is 55.0 Å². The molecular weight excluding hydrogens is 476 g/mol. The first-order valence-electron chi connectivity index (χ1n) is 11.6. The summed E-state index contributed by atoms with van der Waals surface area (Å²) in [6.45, 7) is 2.12. The quantitative estimate of drug-likeness (QED) is 0.395. The van der Waals surface area contributed by atoms with E-state index in [1.54, 1.807) is 43.5 Å². The van der Waals surface area contributed by atoms with E-state index in [0.717, 1.165) is 11.1 Å². The minimum absolute atomic E-state index is 0.136. The highest BCUT2D eigenvalue weighted by molar-refractivity contribution is 7.92. The Morgan fingerprint density at radius 2 is 1.75 bits per heavy atom. The van der Waals surface area contributed by atoms with Crippen molar-refractivity contribution in [1.29, 1.82) is 0 Å². The lowest BCUT2D eigenvalue weighted by Gasteiger charge is -2.31. The summed E-state index contributed by atoms with van der Waals surface area (Å²) in [5.41, 5.74) is 8.65. The minimum Gasteiger partial charge on any atom is -0.496 e. The first-order chi connectivity index (χ1) is 17.3. The molecule has 3 aromatic carbocycles. The predicted octanol–water partition coefficient (Wildman–Crippen LogP) is 4.97. The molecule has 2 unspecified atom stereocenters. The maximum atomic E-state index is 14.7. The van der Waals surface area contributed by atoms with Gasteiger partial charge in [-0.25, -0.2) is 13.4 Å². The summed E-state index contributed by atoms with van der Waals surface area (Å²) in [5, 5.41) is 0.488. The molecule has 36 heavy (non-hydrogen) atoms. The van der Waals surface area contributed by atoms with Gasteiger partial charge in [-0.2, -0.15) is 0 Å². The Balaban J connectivity index is 1.76. The highest BCUT2D eigenvalue weighted by Crippen LogP contribution is 2.53. The zero-order valence-electron chi connectivity index (χ0n) is 20.4. The van der Waals surface area contributed by atoms with Crippen molar-refractivity contribution >= 4 is 26.6 Å². The average Bonchev–Trinajstić information content (AvgIpc) is 3.35. The molecule has 1 aliphatic heterocycles. The van der Waals surface area contributed by atoms with Crippen LogP contribution in [-0.2, 0) is 19.5 Å². The number of nitrogen functional groups attached to an aromatic ring is 1.